The number of H-pyrrole nitrogens is 1. The van der Waals surface area contributed by atoms with Gasteiger partial charge in [-0.05, 0) is 23.8 Å². The number of fused-ring (bicyclic) bond motifs is 1. The Morgan fingerprint density at radius 3 is 2.94 bits per heavy atom. The second-order valence-electron chi connectivity index (χ2n) is 3.71. The van der Waals surface area contributed by atoms with Gasteiger partial charge in [-0.2, -0.15) is 0 Å². The zero-order valence-electron chi connectivity index (χ0n) is 8.53. The van der Waals surface area contributed by atoms with Crippen molar-refractivity contribution in [1.82, 2.24) is 4.98 Å². The molecule has 1 atom stereocenters. The molecule has 0 aliphatic carbocycles. The summed E-state index contributed by atoms with van der Waals surface area (Å²) in [6.45, 7) is 0. The van der Waals surface area contributed by atoms with Crippen LogP contribution in [0.4, 0.5) is 0 Å². The Balaban J connectivity index is 2.44. The molecule has 0 aliphatic heterocycles. The molecule has 0 fully saturated rings. The third-order valence-electron chi connectivity index (χ3n) is 2.50. The molecule has 2 aromatic rings. The largest absolute Gasteiger partial charge is 0.370 e. The van der Waals surface area contributed by atoms with Crippen LogP contribution in [0.1, 0.15) is 18.0 Å². The molecular weight excluding hydrogens is 270 g/mol. The van der Waals surface area contributed by atoms with Gasteiger partial charge in [-0.25, -0.2) is 0 Å². The molecule has 0 aliphatic rings. The first kappa shape index (κ1) is 11.2. The number of nitrogens with one attached hydrogen (secondary N) is 1. The maximum atomic E-state index is 10.8. The molecule has 1 aromatic carbocycles. The molecule has 1 heterocycles. The number of carbonyl (C=O) groups excluding carboxylic acids is 1. The Morgan fingerprint density at radius 1 is 1.50 bits per heavy atom. The molecule has 2 rings (SSSR count). The van der Waals surface area contributed by atoms with Crippen molar-refractivity contribution in [1.29, 1.82) is 0 Å². The van der Waals surface area contributed by atoms with E-state index in [0.717, 1.165) is 20.9 Å². The van der Waals surface area contributed by atoms with E-state index in [1.165, 1.54) is 0 Å². The average molecular weight is 282 g/mol. The molecule has 0 bridgehead atoms. The third-order valence-corrected chi connectivity index (χ3v) is 2.99. The maximum Gasteiger partial charge on any atom is 0.219 e. The number of amides is 1. The van der Waals surface area contributed by atoms with E-state index < -0.39 is 5.91 Å². The van der Waals surface area contributed by atoms with E-state index >= 15 is 0 Å². The van der Waals surface area contributed by atoms with Crippen molar-refractivity contribution in [2.45, 2.75) is 12.5 Å². The minimum Gasteiger partial charge on any atom is -0.370 e. The lowest BCUT2D eigenvalue weighted by Gasteiger charge is -2.07. The van der Waals surface area contributed by atoms with Crippen LogP contribution in [0, 0.1) is 0 Å². The minimum atomic E-state index is -0.392. The lowest BCUT2D eigenvalue weighted by atomic mass is 10.0. The van der Waals surface area contributed by atoms with Crippen LogP contribution in [0.15, 0.2) is 28.9 Å². The highest BCUT2D eigenvalue weighted by molar-refractivity contribution is 9.10. The number of aromatic amines is 1. The van der Waals surface area contributed by atoms with Crippen LogP contribution in [0.2, 0.25) is 0 Å². The van der Waals surface area contributed by atoms with Gasteiger partial charge in [-0.15, -0.1) is 0 Å². The molecular formula is C11H12BrN3O. The lowest BCUT2D eigenvalue weighted by molar-refractivity contribution is -0.118. The number of halogens is 1. The first-order valence-corrected chi connectivity index (χ1v) is 5.67. The lowest BCUT2D eigenvalue weighted by Crippen LogP contribution is -2.20. The third kappa shape index (κ3) is 2.10. The van der Waals surface area contributed by atoms with Crippen molar-refractivity contribution >= 4 is 32.7 Å². The van der Waals surface area contributed by atoms with Crippen LogP contribution in [0.5, 0.6) is 0 Å². The molecule has 0 spiro atoms. The monoisotopic (exact) mass is 281 g/mol. The van der Waals surface area contributed by atoms with Gasteiger partial charge in [0.25, 0.3) is 0 Å². The fourth-order valence-corrected chi connectivity index (χ4v) is 2.11. The van der Waals surface area contributed by atoms with Crippen molar-refractivity contribution in [3.05, 3.63) is 34.4 Å². The smallest absolute Gasteiger partial charge is 0.219 e. The molecule has 5 N–H and O–H groups in total. The molecule has 4 nitrogen and oxygen atoms in total. The average Bonchev–Trinajstić information content (AvgIpc) is 2.59. The van der Waals surface area contributed by atoms with Gasteiger partial charge in [0.2, 0.25) is 5.91 Å². The Labute approximate surface area is 101 Å². The topological polar surface area (TPSA) is 84.9 Å². The number of primary amides is 1. The van der Waals surface area contributed by atoms with Gasteiger partial charge in [0, 0.05) is 34.0 Å². The van der Waals surface area contributed by atoms with Crippen LogP contribution < -0.4 is 11.5 Å². The van der Waals surface area contributed by atoms with Crippen molar-refractivity contribution in [2.24, 2.45) is 11.5 Å². The first-order chi connectivity index (χ1) is 7.58. The number of carbonyl (C=O) groups is 1. The highest BCUT2D eigenvalue weighted by Crippen LogP contribution is 2.27. The van der Waals surface area contributed by atoms with E-state index in [0.29, 0.717) is 0 Å². The molecule has 1 amide bonds. The number of aromatic nitrogens is 1. The van der Waals surface area contributed by atoms with E-state index in [1.54, 1.807) is 0 Å². The summed E-state index contributed by atoms with van der Waals surface area (Å²) in [6, 6.07) is 5.52. The second-order valence-corrected chi connectivity index (χ2v) is 4.63. The molecule has 0 radical (unpaired) electrons. The Bertz CT molecular complexity index is 535. The summed E-state index contributed by atoms with van der Waals surface area (Å²) in [5.41, 5.74) is 13.0. The summed E-state index contributed by atoms with van der Waals surface area (Å²) in [5.74, 6) is -0.392. The number of hydrogen-bond donors (Lipinski definition) is 3. The first-order valence-electron chi connectivity index (χ1n) is 4.88. The van der Waals surface area contributed by atoms with Crippen LogP contribution >= 0.6 is 15.9 Å². The number of rotatable bonds is 3. The van der Waals surface area contributed by atoms with E-state index in [9.17, 15) is 4.79 Å². The molecule has 16 heavy (non-hydrogen) atoms. The Hall–Kier alpha value is -1.33. The summed E-state index contributed by atoms with van der Waals surface area (Å²) in [7, 11) is 0. The molecule has 84 valence electrons. The normalized spacial score (nSPS) is 12.9. The number of benzene rings is 1. The Kier molecular flexibility index (Phi) is 2.98. The zero-order valence-corrected chi connectivity index (χ0v) is 10.1. The van der Waals surface area contributed by atoms with Gasteiger partial charge >= 0.3 is 0 Å². The summed E-state index contributed by atoms with van der Waals surface area (Å²) < 4.78 is 0.979. The quantitative estimate of drug-likeness (QED) is 0.802. The highest BCUT2D eigenvalue weighted by Gasteiger charge is 2.13. The van der Waals surface area contributed by atoms with Gasteiger partial charge in [0.1, 0.15) is 0 Å². The highest BCUT2D eigenvalue weighted by atomic mass is 79.9. The van der Waals surface area contributed by atoms with Crippen molar-refractivity contribution in [2.75, 3.05) is 0 Å². The standard InChI is InChI=1S/C11H12BrN3O/c12-6-1-2-10-7(3-6)8(5-15-10)9(13)4-11(14)16/h1-3,5,9,15H,4,13H2,(H2,14,16). The van der Waals surface area contributed by atoms with Crippen LogP contribution in [0.25, 0.3) is 10.9 Å². The van der Waals surface area contributed by atoms with E-state index in [2.05, 4.69) is 20.9 Å². The van der Waals surface area contributed by atoms with Crippen LogP contribution in [0.3, 0.4) is 0 Å². The molecule has 1 unspecified atom stereocenters. The molecule has 0 saturated carbocycles. The van der Waals surface area contributed by atoms with Gasteiger partial charge < -0.3 is 16.5 Å². The van der Waals surface area contributed by atoms with Crippen LogP contribution in [-0.2, 0) is 4.79 Å². The molecule has 5 heteroatoms. The maximum absolute atomic E-state index is 10.8. The van der Waals surface area contributed by atoms with Crippen LogP contribution in [-0.4, -0.2) is 10.9 Å². The zero-order chi connectivity index (χ0) is 11.7. The summed E-state index contributed by atoms with van der Waals surface area (Å²) in [5, 5.41) is 1.02. The SMILES string of the molecule is NC(=O)CC(N)c1c[nH]c2ccc(Br)cc12. The minimum absolute atomic E-state index is 0.152. The van der Waals surface area contributed by atoms with Crippen molar-refractivity contribution in [3.63, 3.8) is 0 Å². The predicted molar refractivity (Wildman–Crippen MR) is 66.7 cm³/mol. The second kappa shape index (κ2) is 4.27. The van der Waals surface area contributed by atoms with E-state index in [1.807, 2.05) is 24.4 Å². The summed E-state index contributed by atoms with van der Waals surface area (Å²) >= 11 is 3.40. The number of nitrogens with two attached hydrogens (primary N) is 2. The number of hydrogen-bond acceptors (Lipinski definition) is 2. The van der Waals surface area contributed by atoms with E-state index in [-0.39, 0.29) is 12.5 Å². The van der Waals surface area contributed by atoms with Gasteiger partial charge in [0.05, 0.1) is 0 Å². The fraction of sp³-hybridized carbons (Fsp3) is 0.182. The van der Waals surface area contributed by atoms with Crippen molar-refractivity contribution in [3.8, 4) is 0 Å². The Morgan fingerprint density at radius 2 is 2.25 bits per heavy atom. The van der Waals surface area contributed by atoms with Gasteiger partial charge in [0.15, 0.2) is 0 Å². The van der Waals surface area contributed by atoms with Gasteiger partial charge in [-0.1, -0.05) is 15.9 Å². The molecule has 1 aromatic heterocycles. The van der Waals surface area contributed by atoms with Gasteiger partial charge in [-0.3, -0.25) is 4.79 Å². The summed E-state index contributed by atoms with van der Waals surface area (Å²) in [6.07, 6.45) is 1.98. The molecule has 0 saturated heterocycles. The predicted octanol–water partition coefficient (Wildman–Crippen LogP) is 1.81. The van der Waals surface area contributed by atoms with E-state index in [4.69, 9.17) is 11.5 Å². The fourth-order valence-electron chi connectivity index (χ4n) is 1.75. The van der Waals surface area contributed by atoms with Crippen molar-refractivity contribution < 1.29 is 4.79 Å². The summed E-state index contributed by atoms with van der Waals surface area (Å²) in [4.78, 5) is 13.9.